The molecule has 2 N–H and O–H groups in total. The van der Waals surface area contributed by atoms with Gasteiger partial charge in [-0.25, -0.2) is 4.79 Å². The molecule has 0 aromatic carbocycles. The number of aliphatic carboxylic acids is 1. The van der Waals surface area contributed by atoms with Crippen LogP contribution in [0.3, 0.4) is 0 Å². The molecule has 3 heteroatoms. The molecule has 0 aliphatic heterocycles. The van der Waals surface area contributed by atoms with Crippen molar-refractivity contribution in [3.8, 4) is 0 Å². The van der Waals surface area contributed by atoms with Crippen LogP contribution in [0.2, 0.25) is 0 Å². The molecular formula is C20H40O3. The van der Waals surface area contributed by atoms with E-state index in [2.05, 4.69) is 13.8 Å². The minimum atomic E-state index is -1.17. The van der Waals surface area contributed by atoms with Gasteiger partial charge in [0.25, 0.3) is 0 Å². The lowest BCUT2D eigenvalue weighted by Gasteiger charge is -2.05. The van der Waals surface area contributed by atoms with Gasteiger partial charge in [-0.1, -0.05) is 104 Å². The van der Waals surface area contributed by atoms with Crippen molar-refractivity contribution < 1.29 is 15.0 Å². The van der Waals surface area contributed by atoms with Crippen molar-refractivity contribution in [1.29, 1.82) is 0 Å². The molecule has 0 aromatic rings. The lowest BCUT2D eigenvalue weighted by molar-refractivity contribution is -0.146. The molecule has 0 aromatic heterocycles. The highest BCUT2D eigenvalue weighted by Crippen LogP contribution is 2.14. The first kappa shape index (κ1) is 22.4. The van der Waals surface area contributed by atoms with E-state index in [1.807, 2.05) is 0 Å². The molecule has 1 atom stereocenters. The van der Waals surface area contributed by atoms with Crippen molar-refractivity contribution in [2.24, 2.45) is 5.92 Å². The zero-order valence-electron chi connectivity index (χ0n) is 15.6. The van der Waals surface area contributed by atoms with Crippen LogP contribution in [0, 0.1) is 5.92 Å². The predicted molar refractivity (Wildman–Crippen MR) is 97.7 cm³/mol. The molecule has 0 saturated carbocycles. The Morgan fingerprint density at radius 3 is 1.26 bits per heavy atom. The van der Waals surface area contributed by atoms with Gasteiger partial charge in [-0.2, -0.15) is 0 Å². The van der Waals surface area contributed by atoms with Gasteiger partial charge in [0, 0.05) is 0 Å². The third-order valence-corrected chi connectivity index (χ3v) is 4.54. The van der Waals surface area contributed by atoms with Crippen LogP contribution in [0.5, 0.6) is 0 Å². The average Bonchev–Trinajstić information content (AvgIpc) is 2.50. The van der Waals surface area contributed by atoms with E-state index in [4.69, 9.17) is 10.2 Å². The van der Waals surface area contributed by atoms with E-state index in [1.54, 1.807) is 0 Å². The van der Waals surface area contributed by atoms with Crippen molar-refractivity contribution >= 4 is 5.97 Å². The first-order valence-electron chi connectivity index (χ1n) is 9.95. The van der Waals surface area contributed by atoms with Crippen LogP contribution in [-0.2, 0) is 4.79 Å². The standard InChI is InChI=1S/C20H40O3/c1-18(2)16-14-12-10-8-6-4-3-5-7-9-11-13-15-17-19(21)20(22)23/h18-19,21H,3-17H2,1-2H3,(H,22,23)/t19-/m1/s1. The molecule has 0 saturated heterocycles. The van der Waals surface area contributed by atoms with Gasteiger partial charge >= 0.3 is 5.97 Å². The third kappa shape index (κ3) is 17.6. The van der Waals surface area contributed by atoms with E-state index in [-0.39, 0.29) is 0 Å². The molecule has 0 aliphatic carbocycles. The zero-order valence-corrected chi connectivity index (χ0v) is 15.6. The zero-order chi connectivity index (χ0) is 17.3. The van der Waals surface area contributed by atoms with E-state index in [1.165, 1.54) is 77.0 Å². The summed E-state index contributed by atoms with van der Waals surface area (Å²) < 4.78 is 0. The van der Waals surface area contributed by atoms with Crippen molar-refractivity contribution in [1.82, 2.24) is 0 Å². The Balaban J connectivity index is 3.07. The van der Waals surface area contributed by atoms with Crippen molar-refractivity contribution in [3.63, 3.8) is 0 Å². The van der Waals surface area contributed by atoms with Gasteiger partial charge in [0.1, 0.15) is 0 Å². The molecule has 0 aliphatic rings. The van der Waals surface area contributed by atoms with Crippen LogP contribution in [0.1, 0.15) is 110 Å². The number of aliphatic hydroxyl groups is 1. The molecule has 0 radical (unpaired) electrons. The summed E-state index contributed by atoms with van der Waals surface area (Å²) in [5, 5.41) is 17.7. The van der Waals surface area contributed by atoms with E-state index in [0.717, 1.165) is 18.8 Å². The van der Waals surface area contributed by atoms with Gasteiger partial charge in [-0.05, 0) is 12.3 Å². The lowest BCUT2D eigenvalue weighted by atomic mass is 10.0. The minimum absolute atomic E-state index is 0.395. The van der Waals surface area contributed by atoms with Crippen molar-refractivity contribution in [3.05, 3.63) is 0 Å². The van der Waals surface area contributed by atoms with Crippen LogP contribution >= 0.6 is 0 Å². The SMILES string of the molecule is CC(C)CCCCCCCCCCCCCCC[C@@H](O)C(=O)O. The first-order valence-corrected chi connectivity index (χ1v) is 9.95. The summed E-state index contributed by atoms with van der Waals surface area (Å²) in [6.45, 7) is 4.61. The highest BCUT2D eigenvalue weighted by atomic mass is 16.4. The second-order valence-corrected chi connectivity index (χ2v) is 7.42. The second-order valence-electron chi connectivity index (χ2n) is 7.42. The maximum atomic E-state index is 10.4. The van der Waals surface area contributed by atoms with Crippen LogP contribution in [0.4, 0.5) is 0 Å². The molecule has 0 heterocycles. The van der Waals surface area contributed by atoms with E-state index in [9.17, 15) is 4.79 Å². The molecular weight excluding hydrogens is 288 g/mol. The van der Waals surface area contributed by atoms with Gasteiger partial charge in [0.05, 0.1) is 0 Å². The van der Waals surface area contributed by atoms with Gasteiger partial charge in [-0.15, -0.1) is 0 Å². The fourth-order valence-electron chi connectivity index (χ4n) is 2.96. The number of hydrogen-bond donors (Lipinski definition) is 2. The number of hydrogen-bond acceptors (Lipinski definition) is 2. The summed E-state index contributed by atoms with van der Waals surface area (Å²) in [7, 11) is 0. The quantitative estimate of drug-likeness (QED) is 0.325. The molecule has 138 valence electrons. The molecule has 0 spiro atoms. The van der Waals surface area contributed by atoms with Gasteiger partial charge in [-0.3, -0.25) is 0 Å². The number of carboxylic acids is 1. The summed E-state index contributed by atoms with van der Waals surface area (Å²) in [6, 6.07) is 0. The minimum Gasteiger partial charge on any atom is -0.479 e. The third-order valence-electron chi connectivity index (χ3n) is 4.54. The number of aliphatic hydroxyl groups excluding tert-OH is 1. The second kappa shape index (κ2) is 16.3. The molecule has 23 heavy (non-hydrogen) atoms. The van der Waals surface area contributed by atoms with Crippen molar-refractivity contribution in [2.75, 3.05) is 0 Å². The number of carbonyl (C=O) groups is 1. The smallest absolute Gasteiger partial charge is 0.332 e. The Morgan fingerprint density at radius 2 is 0.957 bits per heavy atom. The fourth-order valence-corrected chi connectivity index (χ4v) is 2.96. The lowest BCUT2D eigenvalue weighted by Crippen LogP contribution is -2.18. The van der Waals surface area contributed by atoms with E-state index >= 15 is 0 Å². The summed E-state index contributed by atoms with van der Waals surface area (Å²) in [5.41, 5.74) is 0. The molecule has 0 rings (SSSR count). The van der Waals surface area contributed by atoms with Crippen LogP contribution in [-0.4, -0.2) is 22.3 Å². The average molecular weight is 329 g/mol. The Hall–Kier alpha value is -0.570. The van der Waals surface area contributed by atoms with Crippen LogP contribution in [0.25, 0.3) is 0 Å². The monoisotopic (exact) mass is 328 g/mol. The molecule has 0 bridgehead atoms. The number of rotatable bonds is 17. The Kier molecular flexibility index (Phi) is 15.9. The fraction of sp³-hybridized carbons (Fsp3) is 0.950. The Morgan fingerprint density at radius 1 is 0.652 bits per heavy atom. The summed E-state index contributed by atoms with van der Waals surface area (Å²) >= 11 is 0. The van der Waals surface area contributed by atoms with Gasteiger partial charge in [0.15, 0.2) is 6.10 Å². The molecule has 0 unspecified atom stereocenters. The van der Waals surface area contributed by atoms with Gasteiger partial charge in [0.2, 0.25) is 0 Å². The molecule has 3 nitrogen and oxygen atoms in total. The first-order chi connectivity index (χ1) is 11.0. The normalized spacial score (nSPS) is 12.7. The Labute approximate surface area is 143 Å². The summed E-state index contributed by atoms with van der Waals surface area (Å²) in [4.78, 5) is 10.4. The highest BCUT2D eigenvalue weighted by molar-refractivity contribution is 5.71. The van der Waals surface area contributed by atoms with E-state index in [0.29, 0.717) is 6.42 Å². The largest absolute Gasteiger partial charge is 0.479 e. The van der Waals surface area contributed by atoms with Crippen molar-refractivity contribution in [2.45, 2.75) is 116 Å². The van der Waals surface area contributed by atoms with Gasteiger partial charge < -0.3 is 10.2 Å². The maximum Gasteiger partial charge on any atom is 0.332 e. The maximum absolute atomic E-state index is 10.4. The summed E-state index contributed by atoms with van der Waals surface area (Å²) in [6.07, 6.45) is 17.3. The highest BCUT2D eigenvalue weighted by Gasteiger charge is 2.11. The molecule has 0 fully saturated rings. The topological polar surface area (TPSA) is 57.5 Å². The Bertz CT molecular complexity index is 264. The summed E-state index contributed by atoms with van der Waals surface area (Å²) in [5.74, 6) is -0.234. The molecule has 0 amide bonds. The van der Waals surface area contributed by atoms with Crippen LogP contribution in [0.15, 0.2) is 0 Å². The number of carboxylic acid groups (broad SMARTS) is 1. The van der Waals surface area contributed by atoms with E-state index < -0.39 is 12.1 Å². The predicted octanol–water partition coefficient (Wildman–Crippen LogP) is 5.94. The van der Waals surface area contributed by atoms with Crippen LogP contribution < -0.4 is 0 Å². The number of unbranched alkanes of at least 4 members (excludes halogenated alkanes) is 12.